The largest absolute Gasteiger partial charge is 0.349 e. The normalized spacial score (nSPS) is 15.3. The fourth-order valence-corrected chi connectivity index (χ4v) is 4.14. The maximum absolute atomic E-state index is 12.6. The number of hydrogen-bond acceptors (Lipinski definition) is 3. The minimum absolute atomic E-state index is 0.0108. The quantitative estimate of drug-likeness (QED) is 0.902. The maximum atomic E-state index is 12.6. The Morgan fingerprint density at radius 2 is 2.04 bits per heavy atom. The number of amides is 1. The van der Waals surface area contributed by atoms with Crippen LogP contribution in [-0.2, 0) is 6.42 Å². The van der Waals surface area contributed by atoms with Crippen LogP contribution in [0.25, 0.3) is 0 Å². The van der Waals surface area contributed by atoms with Gasteiger partial charge in [-0.05, 0) is 63.8 Å². The van der Waals surface area contributed by atoms with E-state index >= 15 is 0 Å². The number of nitrogens with one attached hydrogen (secondary N) is 1. The van der Waals surface area contributed by atoms with Crippen LogP contribution in [0, 0.1) is 20.8 Å². The summed E-state index contributed by atoms with van der Waals surface area (Å²) in [5, 5.41) is 3.00. The molecule has 4 nitrogen and oxygen atoms in total. The minimum Gasteiger partial charge on any atom is -0.349 e. The predicted octanol–water partition coefficient (Wildman–Crippen LogP) is 3.53. The monoisotopic (exact) mass is 344 g/mol. The van der Waals surface area contributed by atoms with Crippen LogP contribution < -0.4 is 10.9 Å². The van der Waals surface area contributed by atoms with E-state index in [2.05, 4.69) is 25.2 Å². The van der Waals surface area contributed by atoms with E-state index in [0.29, 0.717) is 0 Å². The van der Waals surface area contributed by atoms with Gasteiger partial charge in [0.25, 0.3) is 11.5 Å². The highest BCUT2D eigenvalue weighted by molar-refractivity contribution is 7.12. The van der Waals surface area contributed by atoms with Gasteiger partial charge >= 0.3 is 0 Å². The van der Waals surface area contributed by atoms with Gasteiger partial charge in [0, 0.05) is 34.5 Å². The van der Waals surface area contributed by atoms with Gasteiger partial charge < -0.3 is 9.88 Å². The molecule has 3 rings (SSSR count). The zero-order chi connectivity index (χ0) is 17.4. The first-order chi connectivity index (χ1) is 11.4. The molecule has 1 amide bonds. The van der Waals surface area contributed by atoms with Crippen molar-refractivity contribution < 1.29 is 4.79 Å². The molecule has 5 heteroatoms. The number of thiophene rings is 1. The smallest absolute Gasteiger partial charge is 0.263 e. The molecule has 1 unspecified atom stereocenters. The first-order valence-electron chi connectivity index (χ1n) is 8.45. The molecule has 0 saturated heterocycles. The lowest BCUT2D eigenvalue weighted by Gasteiger charge is -2.15. The van der Waals surface area contributed by atoms with Crippen LogP contribution >= 0.6 is 11.3 Å². The first-order valence-corrected chi connectivity index (χ1v) is 9.27. The Kier molecular flexibility index (Phi) is 4.63. The molecule has 1 fully saturated rings. The van der Waals surface area contributed by atoms with E-state index in [0.717, 1.165) is 24.8 Å². The summed E-state index contributed by atoms with van der Waals surface area (Å²) < 4.78 is 1.71. The van der Waals surface area contributed by atoms with E-state index in [9.17, 15) is 9.59 Å². The van der Waals surface area contributed by atoms with Gasteiger partial charge in [-0.25, -0.2) is 0 Å². The van der Waals surface area contributed by atoms with Crippen molar-refractivity contribution in [2.24, 2.45) is 0 Å². The van der Waals surface area contributed by atoms with Crippen molar-refractivity contribution in [2.45, 2.75) is 59.0 Å². The molecule has 1 aliphatic rings. The second-order valence-electron chi connectivity index (χ2n) is 6.85. The Morgan fingerprint density at radius 1 is 1.33 bits per heavy atom. The summed E-state index contributed by atoms with van der Waals surface area (Å²) in [7, 11) is 0. The van der Waals surface area contributed by atoms with Crippen LogP contribution in [0.5, 0.6) is 0 Å². The highest BCUT2D eigenvalue weighted by atomic mass is 32.1. The van der Waals surface area contributed by atoms with E-state index in [1.165, 1.54) is 15.3 Å². The Labute approximate surface area is 146 Å². The highest BCUT2D eigenvalue weighted by Gasteiger charge is 2.27. The van der Waals surface area contributed by atoms with Gasteiger partial charge in [-0.2, -0.15) is 0 Å². The van der Waals surface area contributed by atoms with E-state index in [1.807, 2.05) is 26.1 Å². The van der Waals surface area contributed by atoms with E-state index < -0.39 is 0 Å². The van der Waals surface area contributed by atoms with Crippen molar-refractivity contribution in [3.8, 4) is 0 Å². The van der Waals surface area contributed by atoms with Gasteiger partial charge in [-0.15, -0.1) is 11.3 Å². The number of carbonyl (C=O) groups excluding carboxylic acids is 1. The number of aryl methyl sites for hydroxylation is 3. The van der Waals surface area contributed by atoms with Crippen LogP contribution in [0.3, 0.4) is 0 Å². The summed E-state index contributed by atoms with van der Waals surface area (Å²) >= 11 is 1.77. The van der Waals surface area contributed by atoms with Crippen molar-refractivity contribution in [3.05, 3.63) is 55.1 Å². The third-order valence-corrected chi connectivity index (χ3v) is 5.77. The lowest BCUT2D eigenvalue weighted by Crippen LogP contribution is -2.39. The van der Waals surface area contributed by atoms with Gasteiger partial charge in [-0.1, -0.05) is 0 Å². The molecule has 1 saturated carbocycles. The molecule has 128 valence electrons. The number of carbonyl (C=O) groups is 1. The zero-order valence-electron chi connectivity index (χ0n) is 14.7. The Balaban J connectivity index is 1.74. The number of nitrogens with zero attached hydrogens (tertiary/aromatic N) is 1. The number of pyridine rings is 1. The van der Waals surface area contributed by atoms with Gasteiger partial charge in [-0.3, -0.25) is 9.59 Å². The standard InChI is InChI=1S/C19H24N2O2S/c1-11-7-8-21(15-5-6-15)19(23)17(11)18(22)20-13(3)10-16-9-12(2)14(4)24-16/h7-9,13,15H,5-6,10H2,1-4H3,(H,20,22). The number of rotatable bonds is 5. The highest BCUT2D eigenvalue weighted by Crippen LogP contribution is 2.33. The molecule has 0 bridgehead atoms. The molecule has 2 aromatic heterocycles. The topological polar surface area (TPSA) is 51.1 Å². The van der Waals surface area contributed by atoms with Gasteiger partial charge in [0.1, 0.15) is 5.56 Å². The molecule has 2 aromatic rings. The van der Waals surface area contributed by atoms with E-state index in [1.54, 1.807) is 15.9 Å². The summed E-state index contributed by atoms with van der Waals surface area (Å²) in [6.07, 6.45) is 4.65. The molecule has 0 aromatic carbocycles. The molecule has 1 atom stereocenters. The molecular weight excluding hydrogens is 320 g/mol. The van der Waals surface area contributed by atoms with Crippen LogP contribution in [0.15, 0.2) is 23.1 Å². The molecule has 1 aliphatic carbocycles. The second kappa shape index (κ2) is 6.55. The SMILES string of the molecule is Cc1cc(CC(C)NC(=O)c2c(C)ccn(C3CC3)c2=O)sc1C. The van der Waals surface area contributed by atoms with Crippen molar-refractivity contribution in [3.63, 3.8) is 0 Å². The fraction of sp³-hybridized carbons (Fsp3) is 0.474. The Bertz CT molecular complexity index is 811. The van der Waals surface area contributed by atoms with Crippen LogP contribution in [0.1, 0.15) is 57.0 Å². The Morgan fingerprint density at radius 3 is 2.62 bits per heavy atom. The van der Waals surface area contributed by atoms with Crippen molar-refractivity contribution in [1.82, 2.24) is 9.88 Å². The Hall–Kier alpha value is -1.88. The van der Waals surface area contributed by atoms with Gasteiger partial charge in [0.15, 0.2) is 0 Å². The van der Waals surface area contributed by atoms with Crippen molar-refractivity contribution in [1.29, 1.82) is 0 Å². The van der Waals surface area contributed by atoms with Gasteiger partial charge in [0.2, 0.25) is 0 Å². The van der Waals surface area contributed by atoms with Crippen molar-refractivity contribution in [2.75, 3.05) is 0 Å². The predicted molar refractivity (Wildman–Crippen MR) is 98.1 cm³/mol. The molecule has 1 N–H and O–H groups in total. The number of hydrogen-bond donors (Lipinski definition) is 1. The average Bonchev–Trinajstić information content (AvgIpc) is 3.26. The van der Waals surface area contributed by atoms with E-state index in [-0.39, 0.29) is 29.1 Å². The third-order valence-electron chi connectivity index (χ3n) is 4.60. The molecular formula is C19H24N2O2S. The number of aromatic nitrogens is 1. The third kappa shape index (κ3) is 3.46. The summed E-state index contributed by atoms with van der Waals surface area (Å²) in [4.78, 5) is 27.8. The van der Waals surface area contributed by atoms with E-state index in [4.69, 9.17) is 0 Å². The minimum atomic E-state index is -0.259. The lowest BCUT2D eigenvalue weighted by atomic mass is 10.1. The van der Waals surface area contributed by atoms with Gasteiger partial charge in [0.05, 0.1) is 0 Å². The van der Waals surface area contributed by atoms with Crippen LogP contribution in [0.2, 0.25) is 0 Å². The second-order valence-corrected chi connectivity index (χ2v) is 8.19. The molecule has 2 heterocycles. The molecule has 24 heavy (non-hydrogen) atoms. The first kappa shape index (κ1) is 17.0. The lowest BCUT2D eigenvalue weighted by molar-refractivity contribution is 0.0937. The molecule has 0 spiro atoms. The van der Waals surface area contributed by atoms with Crippen molar-refractivity contribution >= 4 is 17.2 Å². The maximum Gasteiger partial charge on any atom is 0.263 e. The fourth-order valence-electron chi connectivity index (χ4n) is 2.96. The summed E-state index contributed by atoms with van der Waals surface area (Å²) in [6.45, 7) is 8.02. The average molecular weight is 344 g/mol. The summed E-state index contributed by atoms with van der Waals surface area (Å²) in [5.74, 6) is -0.259. The molecule has 0 aliphatic heterocycles. The summed E-state index contributed by atoms with van der Waals surface area (Å²) in [5.41, 5.74) is 2.16. The van der Waals surface area contributed by atoms with Crippen LogP contribution in [-0.4, -0.2) is 16.5 Å². The van der Waals surface area contributed by atoms with Crippen LogP contribution in [0.4, 0.5) is 0 Å². The summed E-state index contributed by atoms with van der Waals surface area (Å²) in [6, 6.07) is 4.31. The zero-order valence-corrected chi connectivity index (χ0v) is 15.5. The molecule has 0 radical (unpaired) electrons.